The Morgan fingerprint density at radius 3 is 1.67 bits per heavy atom. The molecule has 2 N–H and O–H groups in total. The zero-order chi connectivity index (χ0) is 14.3. The van der Waals surface area contributed by atoms with Gasteiger partial charge >= 0.3 is 11.9 Å². The lowest BCUT2D eigenvalue weighted by Gasteiger charge is -2.38. The Hall–Kier alpha value is -1.14. The molecule has 0 aliphatic rings. The lowest BCUT2D eigenvalue weighted by atomic mass is 9.74. The third kappa shape index (κ3) is 3.68. The zero-order valence-electron chi connectivity index (χ0n) is 11.3. The molecule has 0 radical (unpaired) electrons. The van der Waals surface area contributed by atoms with Crippen molar-refractivity contribution in [1.29, 1.82) is 0 Å². The van der Waals surface area contributed by atoms with Crippen LogP contribution in [0.4, 0.5) is 0 Å². The van der Waals surface area contributed by atoms with Gasteiger partial charge in [-0.3, -0.25) is 9.59 Å². The molecule has 0 bridgehead atoms. The van der Waals surface area contributed by atoms with Crippen LogP contribution in [0.15, 0.2) is 0 Å². The number of ether oxygens (including phenoxy) is 2. The Labute approximate surface area is 107 Å². The molecular weight excluding hydrogens is 240 g/mol. The summed E-state index contributed by atoms with van der Waals surface area (Å²) in [5.41, 5.74) is -1.59. The van der Waals surface area contributed by atoms with Gasteiger partial charge in [-0.05, 0) is 27.7 Å². The molecule has 0 aromatic carbocycles. The van der Waals surface area contributed by atoms with Gasteiger partial charge in [0.05, 0.1) is 18.6 Å². The fraction of sp³-hybridized carbons (Fsp3) is 0.833. The average Bonchev–Trinajstić information content (AvgIpc) is 2.25. The molecule has 6 nitrogen and oxygen atoms in total. The van der Waals surface area contributed by atoms with Gasteiger partial charge < -0.3 is 19.7 Å². The second kappa shape index (κ2) is 7.33. The molecule has 0 rings (SSSR count). The van der Waals surface area contributed by atoms with Crippen LogP contribution < -0.4 is 0 Å². The summed E-state index contributed by atoms with van der Waals surface area (Å²) in [4.78, 5) is 22.5. The number of aliphatic carboxylic acids is 2. The van der Waals surface area contributed by atoms with E-state index in [0.29, 0.717) is 13.2 Å². The number of hydrogen-bond donors (Lipinski definition) is 2. The van der Waals surface area contributed by atoms with Crippen molar-refractivity contribution in [2.24, 2.45) is 5.41 Å². The number of rotatable bonds is 9. The Morgan fingerprint density at radius 2 is 1.44 bits per heavy atom. The molecule has 0 heterocycles. The van der Waals surface area contributed by atoms with Gasteiger partial charge in [-0.1, -0.05) is 0 Å². The predicted molar refractivity (Wildman–Crippen MR) is 64.5 cm³/mol. The van der Waals surface area contributed by atoms with Gasteiger partial charge in [0.1, 0.15) is 5.41 Å². The Balaban J connectivity index is 5.40. The number of carbonyl (C=O) groups is 2. The van der Waals surface area contributed by atoms with Gasteiger partial charge in [0, 0.05) is 13.2 Å². The molecule has 0 aromatic heterocycles. The maximum Gasteiger partial charge on any atom is 0.315 e. The molecule has 2 atom stereocenters. The monoisotopic (exact) mass is 262 g/mol. The topological polar surface area (TPSA) is 93.1 Å². The molecule has 0 aromatic rings. The van der Waals surface area contributed by atoms with Gasteiger partial charge in [0.2, 0.25) is 0 Å². The molecule has 18 heavy (non-hydrogen) atoms. The van der Waals surface area contributed by atoms with Crippen LogP contribution in [-0.2, 0) is 19.1 Å². The molecule has 0 saturated heterocycles. The molecule has 106 valence electrons. The molecule has 0 spiro atoms. The smallest absolute Gasteiger partial charge is 0.315 e. The minimum atomic E-state index is -1.59. The van der Waals surface area contributed by atoms with Crippen molar-refractivity contribution in [3.8, 4) is 0 Å². The molecular formula is C12H22O6. The average molecular weight is 262 g/mol. The molecule has 0 fully saturated rings. The van der Waals surface area contributed by atoms with Crippen molar-refractivity contribution >= 4 is 11.9 Å². The highest BCUT2D eigenvalue weighted by Gasteiger charge is 2.51. The van der Waals surface area contributed by atoms with Crippen molar-refractivity contribution in [3.63, 3.8) is 0 Å². The standard InChI is InChI=1S/C12H22O6/c1-5-17-8(3)12(11(15)16,7-10(13)14)9(4)18-6-2/h8-9H,5-7H2,1-4H3,(H,13,14)(H,15,16). The van der Waals surface area contributed by atoms with E-state index in [1.54, 1.807) is 27.7 Å². The zero-order valence-corrected chi connectivity index (χ0v) is 11.3. The van der Waals surface area contributed by atoms with Crippen molar-refractivity contribution in [3.05, 3.63) is 0 Å². The second-order valence-electron chi connectivity index (χ2n) is 4.11. The van der Waals surface area contributed by atoms with Gasteiger partial charge in [0.15, 0.2) is 0 Å². The van der Waals surface area contributed by atoms with Gasteiger partial charge in [-0.2, -0.15) is 0 Å². The minimum absolute atomic E-state index is 0.314. The quantitative estimate of drug-likeness (QED) is 0.652. The number of hydrogen-bond acceptors (Lipinski definition) is 4. The summed E-state index contributed by atoms with van der Waals surface area (Å²) in [7, 11) is 0. The van der Waals surface area contributed by atoms with Gasteiger partial charge in [-0.25, -0.2) is 0 Å². The van der Waals surface area contributed by atoms with Gasteiger partial charge in [0.25, 0.3) is 0 Å². The molecule has 6 heteroatoms. The summed E-state index contributed by atoms with van der Waals surface area (Å²) in [5, 5.41) is 18.4. The van der Waals surface area contributed by atoms with Crippen LogP contribution in [-0.4, -0.2) is 47.6 Å². The summed E-state index contributed by atoms with van der Waals surface area (Å²) >= 11 is 0. The third-order valence-corrected chi connectivity index (χ3v) is 3.13. The SMILES string of the molecule is CCOC(C)C(CC(=O)O)(C(=O)O)C(C)OCC. The molecule has 0 amide bonds. The van der Waals surface area contributed by atoms with Crippen LogP contribution in [0.5, 0.6) is 0 Å². The van der Waals surface area contributed by atoms with E-state index in [1.165, 1.54) is 0 Å². The number of carboxylic acids is 2. The summed E-state index contributed by atoms with van der Waals surface area (Å²) in [6, 6.07) is 0. The van der Waals surface area contributed by atoms with E-state index >= 15 is 0 Å². The summed E-state index contributed by atoms with van der Waals surface area (Å²) < 4.78 is 10.6. The maximum atomic E-state index is 11.6. The fourth-order valence-electron chi connectivity index (χ4n) is 2.09. The van der Waals surface area contributed by atoms with E-state index in [2.05, 4.69) is 0 Å². The highest BCUT2D eigenvalue weighted by atomic mass is 16.5. The molecule has 2 unspecified atom stereocenters. The Kier molecular flexibility index (Phi) is 6.86. The molecule has 0 aliphatic carbocycles. The molecule has 0 aliphatic heterocycles. The largest absolute Gasteiger partial charge is 0.481 e. The van der Waals surface area contributed by atoms with Crippen LogP contribution in [0.25, 0.3) is 0 Å². The summed E-state index contributed by atoms with van der Waals surface area (Å²) in [5.74, 6) is -2.40. The van der Waals surface area contributed by atoms with E-state index < -0.39 is 36.0 Å². The minimum Gasteiger partial charge on any atom is -0.481 e. The van der Waals surface area contributed by atoms with E-state index in [4.69, 9.17) is 14.6 Å². The predicted octanol–water partition coefficient (Wildman–Crippen LogP) is 1.38. The third-order valence-electron chi connectivity index (χ3n) is 3.13. The van der Waals surface area contributed by atoms with Crippen LogP contribution in [0, 0.1) is 5.41 Å². The number of carboxylic acid groups (broad SMARTS) is 2. The summed E-state index contributed by atoms with van der Waals surface area (Å²) in [6.45, 7) is 7.22. The van der Waals surface area contributed by atoms with E-state index in [1.807, 2.05) is 0 Å². The maximum absolute atomic E-state index is 11.6. The first-order valence-corrected chi connectivity index (χ1v) is 6.01. The first-order valence-electron chi connectivity index (χ1n) is 6.01. The second-order valence-corrected chi connectivity index (χ2v) is 4.11. The first-order chi connectivity index (χ1) is 8.32. The highest BCUT2D eigenvalue weighted by molar-refractivity contribution is 5.82. The Morgan fingerprint density at radius 1 is 1.06 bits per heavy atom. The van der Waals surface area contributed by atoms with Crippen LogP contribution in [0.2, 0.25) is 0 Å². The van der Waals surface area contributed by atoms with Crippen LogP contribution in [0.1, 0.15) is 34.1 Å². The van der Waals surface area contributed by atoms with Crippen LogP contribution in [0.3, 0.4) is 0 Å². The van der Waals surface area contributed by atoms with Crippen molar-refractivity contribution < 1.29 is 29.3 Å². The van der Waals surface area contributed by atoms with E-state index in [0.717, 1.165) is 0 Å². The van der Waals surface area contributed by atoms with Crippen LogP contribution >= 0.6 is 0 Å². The fourth-order valence-corrected chi connectivity index (χ4v) is 2.09. The summed E-state index contributed by atoms with van der Waals surface area (Å²) in [6.07, 6.45) is -2.04. The van der Waals surface area contributed by atoms with E-state index in [-0.39, 0.29) is 0 Å². The van der Waals surface area contributed by atoms with Crippen molar-refractivity contribution in [2.45, 2.75) is 46.3 Å². The lowest BCUT2D eigenvalue weighted by Crippen LogP contribution is -2.52. The Bertz CT molecular complexity index is 276. The normalized spacial score (nSPS) is 17.8. The van der Waals surface area contributed by atoms with E-state index in [9.17, 15) is 14.7 Å². The highest BCUT2D eigenvalue weighted by Crippen LogP contribution is 2.35. The van der Waals surface area contributed by atoms with Crippen molar-refractivity contribution in [2.75, 3.05) is 13.2 Å². The van der Waals surface area contributed by atoms with Crippen molar-refractivity contribution in [1.82, 2.24) is 0 Å². The van der Waals surface area contributed by atoms with Gasteiger partial charge in [-0.15, -0.1) is 0 Å². The first kappa shape index (κ1) is 16.9. The lowest BCUT2D eigenvalue weighted by molar-refractivity contribution is -0.182. The molecule has 0 saturated carbocycles.